The monoisotopic (exact) mass is 267 g/mol. The molecule has 0 aromatic heterocycles. The van der Waals surface area contributed by atoms with E-state index in [0.717, 1.165) is 16.9 Å². The van der Waals surface area contributed by atoms with Gasteiger partial charge in [-0.3, -0.25) is 0 Å². The van der Waals surface area contributed by atoms with Gasteiger partial charge in [0.25, 0.3) is 0 Å². The first kappa shape index (κ1) is 13.1. The second-order valence-corrected chi connectivity index (χ2v) is 6.38. The minimum atomic E-state index is -2.98. The summed E-state index contributed by atoms with van der Waals surface area (Å²) >= 11 is 0. The molecule has 1 aromatic carbocycles. The predicted molar refractivity (Wildman–Crippen MR) is 71.3 cm³/mol. The van der Waals surface area contributed by atoms with Crippen molar-refractivity contribution in [1.29, 1.82) is 0 Å². The van der Waals surface area contributed by atoms with Crippen LogP contribution in [0.2, 0.25) is 0 Å². The van der Waals surface area contributed by atoms with E-state index in [1.807, 2.05) is 25.1 Å². The van der Waals surface area contributed by atoms with E-state index in [2.05, 4.69) is 5.32 Å². The lowest BCUT2D eigenvalue weighted by Crippen LogP contribution is -2.29. The SMILES string of the molecule is COc1ccc(CNC2C=CS(=O)(=O)C2)cc1C. The summed E-state index contributed by atoms with van der Waals surface area (Å²) in [6, 6.07) is 5.86. The first-order chi connectivity index (χ1) is 8.50. The molecule has 18 heavy (non-hydrogen) atoms. The third kappa shape index (κ3) is 3.11. The molecule has 0 saturated carbocycles. The minimum Gasteiger partial charge on any atom is -0.496 e. The van der Waals surface area contributed by atoms with Gasteiger partial charge in [0.1, 0.15) is 5.75 Å². The molecule has 2 rings (SSSR count). The summed E-state index contributed by atoms with van der Waals surface area (Å²) in [7, 11) is -1.33. The van der Waals surface area contributed by atoms with Crippen LogP contribution in [0, 0.1) is 6.92 Å². The van der Waals surface area contributed by atoms with Crippen molar-refractivity contribution >= 4 is 9.84 Å². The van der Waals surface area contributed by atoms with Crippen molar-refractivity contribution in [3.8, 4) is 5.75 Å². The average molecular weight is 267 g/mol. The summed E-state index contributed by atoms with van der Waals surface area (Å²) < 4.78 is 27.7. The Hall–Kier alpha value is -1.33. The molecule has 4 nitrogen and oxygen atoms in total. The fourth-order valence-corrected chi connectivity index (χ4v) is 3.27. The molecule has 1 aromatic rings. The fourth-order valence-electron chi connectivity index (χ4n) is 2.00. The zero-order valence-corrected chi connectivity index (χ0v) is 11.3. The summed E-state index contributed by atoms with van der Waals surface area (Å²) in [6.45, 7) is 2.64. The molecule has 5 heteroatoms. The Kier molecular flexibility index (Phi) is 3.73. The van der Waals surface area contributed by atoms with Gasteiger partial charge in [-0.2, -0.15) is 0 Å². The van der Waals surface area contributed by atoms with Gasteiger partial charge in [-0.15, -0.1) is 0 Å². The lowest BCUT2D eigenvalue weighted by Gasteiger charge is -2.11. The van der Waals surface area contributed by atoms with Gasteiger partial charge in [-0.1, -0.05) is 18.2 Å². The number of hydrogen-bond acceptors (Lipinski definition) is 4. The molecule has 0 fully saturated rings. The van der Waals surface area contributed by atoms with Gasteiger partial charge >= 0.3 is 0 Å². The summed E-state index contributed by atoms with van der Waals surface area (Å²) in [4.78, 5) is 0. The highest BCUT2D eigenvalue weighted by atomic mass is 32.2. The van der Waals surface area contributed by atoms with E-state index in [1.165, 1.54) is 5.41 Å². The molecule has 0 radical (unpaired) electrons. The van der Waals surface area contributed by atoms with E-state index in [0.29, 0.717) is 6.54 Å². The molecule has 0 aliphatic carbocycles. The highest BCUT2D eigenvalue weighted by Crippen LogP contribution is 2.18. The number of hydrogen-bond donors (Lipinski definition) is 1. The Morgan fingerprint density at radius 1 is 1.44 bits per heavy atom. The predicted octanol–water partition coefficient (Wildman–Crippen LogP) is 1.40. The number of nitrogens with one attached hydrogen (secondary N) is 1. The molecule has 0 spiro atoms. The second kappa shape index (κ2) is 5.12. The van der Waals surface area contributed by atoms with E-state index in [9.17, 15) is 8.42 Å². The van der Waals surface area contributed by atoms with Gasteiger partial charge in [0.05, 0.1) is 12.9 Å². The molecule has 0 bridgehead atoms. The second-order valence-electron chi connectivity index (χ2n) is 4.45. The van der Waals surface area contributed by atoms with Gasteiger partial charge in [0.15, 0.2) is 9.84 Å². The highest BCUT2D eigenvalue weighted by molar-refractivity contribution is 7.94. The van der Waals surface area contributed by atoms with Gasteiger partial charge in [0.2, 0.25) is 0 Å². The van der Waals surface area contributed by atoms with E-state index in [4.69, 9.17) is 4.74 Å². The summed E-state index contributed by atoms with van der Waals surface area (Å²) in [5.41, 5.74) is 2.19. The lowest BCUT2D eigenvalue weighted by molar-refractivity contribution is 0.411. The Balaban J connectivity index is 1.95. The fraction of sp³-hybridized carbons (Fsp3) is 0.385. The smallest absolute Gasteiger partial charge is 0.173 e. The maximum Gasteiger partial charge on any atom is 0.173 e. The van der Waals surface area contributed by atoms with Crippen molar-refractivity contribution in [2.45, 2.75) is 19.5 Å². The largest absolute Gasteiger partial charge is 0.496 e. The van der Waals surface area contributed by atoms with Crippen molar-refractivity contribution in [1.82, 2.24) is 5.32 Å². The maximum absolute atomic E-state index is 11.2. The van der Waals surface area contributed by atoms with E-state index < -0.39 is 9.84 Å². The Labute approximate surface area is 108 Å². The highest BCUT2D eigenvalue weighted by Gasteiger charge is 2.20. The molecule has 1 heterocycles. The van der Waals surface area contributed by atoms with Gasteiger partial charge in [-0.05, 0) is 24.1 Å². The van der Waals surface area contributed by atoms with Gasteiger partial charge in [-0.25, -0.2) is 8.42 Å². The van der Waals surface area contributed by atoms with Crippen molar-refractivity contribution in [2.24, 2.45) is 0 Å². The van der Waals surface area contributed by atoms with E-state index >= 15 is 0 Å². The van der Waals surface area contributed by atoms with Crippen molar-refractivity contribution in [2.75, 3.05) is 12.9 Å². The number of aryl methyl sites for hydroxylation is 1. The van der Waals surface area contributed by atoms with Crippen LogP contribution in [0.15, 0.2) is 29.7 Å². The number of methoxy groups -OCH3 is 1. The summed E-state index contributed by atoms with van der Waals surface area (Å²) in [5, 5.41) is 4.49. The summed E-state index contributed by atoms with van der Waals surface area (Å²) in [6.07, 6.45) is 1.70. The molecule has 0 amide bonds. The molecule has 1 unspecified atom stereocenters. The zero-order chi connectivity index (χ0) is 13.2. The van der Waals surface area contributed by atoms with Crippen LogP contribution in [0.25, 0.3) is 0 Å². The molecule has 1 aliphatic rings. The number of ether oxygens (including phenoxy) is 1. The molecule has 1 N–H and O–H groups in total. The number of sulfone groups is 1. The molecular formula is C13H17NO3S. The summed E-state index contributed by atoms with van der Waals surface area (Å²) in [5.74, 6) is 1.02. The quantitative estimate of drug-likeness (QED) is 0.896. The third-order valence-electron chi connectivity index (χ3n) is 2.96. The Morgan fingerprint density at radius 3 is 2.78 bits per heavy atom. The normalized spacial score (nSPS) is 21.1. The molecular weight excluding hydrogens is 250 g/mol. The third-order valence-corrected chi connectivity index (χ3v) is 4.35. The van der Waals surface area contributed by atoms with Crippen LogP contribution < -0.4 is 10.1 Å². The number of benzene rings is 1. The lowest BCUT2D eigenvalue weighted by atomic mass is 10.1. The van der Waals surface area contributed by atoms with Crippen LogP contribution in [-0.4, -0.2) is 27.3 Å². The Morgan fingerprint density at radius 2 is 2.22 bits per heavy atom. The molecule has 0 saturated heterocycles. The minimum absolute atomic E-state index is 0.0857. The topological polar surface area (TPSA) is 55.4 Å². The van der Waals surface area contributed by atoms with E-state index in [1.54, 1.807) is 13.2 Å². The van der Waals surface area contributed by atoms with Gasteiger partial charge < -0.3 is 10.1 Å². The first-order valence-electron chi connectivity index (χ1n) is 5.78. The van der Waals surface area contributed by atoms with Gasteiger partial charge in [0, 0.05) is 18.0 Å². The molecule has 1 atom stereocenters. The van der Waals surface area contributed by atoms with Crippen LogP contribution in [0.4, 0.5) is 0 Å². The van der Waals surface area contributed by atoms with Crippen LogP contribution in [0.5, 0.6) is 5.75 Å². The first-order valence-corrected chi connectivity index (χ1v) is 7.49. The van der Waals surface area contributed by atoms with E-state index in [-0.39, 0.29) is 11.8 Å². The standard InChI is InChI=1S/C13H17NO3S/c1-10-7-11(3-4-13(10)17-2)8-14-12-5-6-18(15,16)9-12/h3-7,12,14H,8-9H2,1-2H3. The Bertz CT molecular complexity index is 564. The number of rotatable bonds is 4. The van der Waals surface area contributed by atoms with Crippen molar-refractivity contribution in [3.63, 3.8) is 0 Å². The zero-order valence-electron chi connectivity index (χ0n) is 10.5. The molecule has 1 aliphatic heterocycles. The van der Waals surface area contributed by atoms with Crippen LogP contribution >= 0.6 is 0 Å². The van der Waals surface area contributed by atoms with Crippen LogP contribution in [0.1, 0.15) is 11.1 Å². The van der Waals surface area contributed by atoms with Crippen molar-refractivity contribution < 1.29 is 13.2 Å². The average Bonchev–Trinajstić information content (AvgIpc) is 2.66. The molecule has 98 valence electrons. The van der Waals surface area contributed by atoms with Crippen LogP contribution in [-0.2, 0) is 16.4 Å². The van der Waals surface area contributed by atoms with Crippen molar-refractivity contribution in [3.05, 3.63) is 40.8 Å². The van der Waals surface area contributed by atoms with Crippen LogP contribution in [0.3, 0.4) is 0 Å². The maximum atomic E-state index is 11.2.